The number of ether oxygens (including phenoxy) is 1. The predicted octanol–water partition coefficient (Wildman–Crippen LogP) is 3.08. The summed E-state index contributed by atoms with van der Waals surface area (Å²) in [5.74, 6) is 0.225. The van der Waals surface area contributed by atoms with Crippen LogP contribution >= 0.6 is 0 Å². The van der Waals surface area contributed by atoms with Crippen molar-refractivity contribution in [2.24, 2.45) is 7.05 Å². The van der Waals surface area contributed by atoms with Gasteiger partial charge in [0.05, 0.1) is 17.9 Å². The summed E-state index contributed by atoms with van der Waals surface area (Å²) in [4.78, 5) is 14.9. The van der Waals surface area contributed by atoms with Crippen molar-refractivity contribution in [2.75, 3.05) is 24.4 Å². The minimum atomic E-state index is -3.99. The van der Waals surface area contributed by atoms with Crippen LogP contribution in [0.15, 0.2) is 29.2 Å². The molecular weight excluding hydrogens is 378 g/mol. The molecule has 0 spiro atoms. The smallest absolute Gasteiger partial charge is 0.264 e. The fourth-order valence-corrected chi connectivity index (χ4v) is 5.19. The summed E-state index contributed by atoms with van der Waals surface area (Å²) >= 11 is 0. The average Bonchev–Trinajstić information content (AvgIpc) is 3.26. The van der Waals surface area contributed by atoms with E-state index in [0.717, 1.165) is 12.8 Å². The topological polar surface area (TPSA) is 80.6 Å². The van der Waals surface area contributed by atoms with Crippen LogP contribution in [0.1, 0.15) is 41.5 Å². The molecule has 1 aliphatic rings. The highest BCUT2D eigenvalue weighted by atomic mass is 32.2. The van der Waals surface area contributed by atoms with Crippen molar-refractivity contribution in [1.82, 2.24) is 9.47 Å². The maximum absolute atomic E-state index is 13.3. The van der Waals surface area contributed by atoms with Crippen LogP contribution in [0.25, 0.3) is 0 Å². The Morgan fingerprint density at radius 1 is 1.14 bits per heavy atom. The summed E-state index contributed by atoms with van der Waals surface area (Å²) in [7, 11) is -2.21. The number of para-hydroxylation sites is 2. The van der Waals surface area contributed by atoms with E-state index in [2.05, 4.69) is 4.72 Å². The zero-order valence-corrected chi connectivity index (χ0v) is 17.6. The maximum atomic E-state index is 13.3. The summed E-state index contributed by atoms with van der Waals surface area (Å²) < 4.78 is 36.6. The fourth-order valence-electron chi connectivity index (χ4n) is 3.60. The van der Waals surface area contributed by atoms with E-state index in [1.807, 2.05) is 6.92 Å². The third-order valence-corrected chi connectivity index (χ3v) is 6.76. The summed E-state index contributed by atoms with van der Waals surface area (Å²) in [6, 6.07) is 6.87. The molecular formula is C20H27N3O4S. The first kappa shape index (κ1) is 20.3. The highest BCUT2D eigenvalue weighted by Crippen LogP contribution is 2.32. The van der Waals surface area contributed by atoms with Crippen LogP contribution < -0.4 is 9.46 Å². The maximum Gasteiger partial charge on any atom is 0.264 e. The monoisotopic (exact) mass is 405 g/mol. The second-order valence-corrected chi connectivity index (χ2v) is 8.59. The van der Waals surface area contributed by atoms with Crippen LogP contribution in [0, 0.1) is 13.8 Å². The zero-order chi connectivity index (χ0) is 20.5. The largest absolute Gasteiger partial charge is 0.492 e. The fraction of sp³-hybridized carbons (Fsp3) is 0.450. The average molecular weight is 406 g/mol. The lowest BCUT2D eigenvalue weighted by atomic mass is 10.2. The van der Waals surface area contributed by atoms with Crippen LogP contribution in [-0.4, -0.2) is 43.5 Å². The molecule has 7 nitrogen and oxygen atoms in total. The number of rotatable bonds is 6. The van der Waals surface area contributed by atoms with E-state index in [9.17, 15) is 13.2 Å². The van der Waals surface area contributed by atoms with Gasteiger partial charge in [-0.05, 0) is 45.7 Å². The van der Waals surface area contributed by atoms with E-state index in [1.54, 1.807) is 54.6 Å². The number of carbonyl (C=O) groups is 1. The predicted molar refractivity (Wildman–Crippen MR) is 108 cm³/mol. The molecule has 1 aliphatic heterocycles. The molecule has 28 heavy (non-hydrogen) atoms. The number of carbonyl (C=O) groups excluding carboxylic acids is 1. The summed E-state index contributed by atoms with van der Waals surface area (Å²) in [6.07, 6.45) is 1.89. The van der Waals surface area contributed by atoms with Crippen molar-refractivity contribution in [1.29, 1.82) is 0 Å². The number of nitrogens with one attached hydrogen (secondary N) is 1. The van der Waals surface area contributed by atoms with Crippen LogP contribution in [0.3, 0.4) is 0 Å². The number of aromatic nitrogens is 1. The van der Waals surface area contributed by atoms with E-state index >= 15 is 0 Å². The molecule has 1 N–H and O–H groups in total. The van der Waals surface area contributed by atoms with Gasteiger partial charge in [-0.3, -0.25) is 9.52 Å². The lowest BCUT2D eigenvalue weighted by Gasteiger charge is -2.17. The zero-order valence-electron chi connectivity index (χ0n) is 16.8. The quantitative estimate of drug-likeness (QED) is 0.801. The molecule has 1 aromatic heterocycles. The number of sulfonamides is 1. The molecule has 0 radical (unpaired) electrons. The van der Waals surface area contributed by atoms with E-state index in [0.29, 0.717) is 42.5 Å². The molecule has 0 aliphatic carbocycles. The first-order chi connectivity index (χ1) is 13.3. The molecule has 1 saturated heterocycles. The Kier molecular flexibility index (Phi) is 5.69. The Balaban J connectivity index is 2.07. The SMILES string of the molecule is CCOc1ccccc1NS(=O)(=O)c1c(C(=O)N2CCCC2)c(C)n(C)c1C. The van der Waals surface area contributed by atoms with Gasteiger partial charge in [-0.15, -0.1) is 0 Å². The highest BCUT2D eigenvalue weighted by Gasteiger charge is 2.34. The second-order valence-electron chi connectivity index (χ2n) is 6.97. The Morgan fingerprint density at radius 2 is 1.79 bits per heavy atom. The lowest BCUT2D eigenvalue weighted by molar-refractivity contribution is 0.0788. The number of hydrogen-bond donors (Lipinski definition) is 1. The number of benzene rings is 1. The Hall–Kier alpha value is -2.48. The lowest BCUT2D eigenvalue weighted by Crippen LogP contribution is -2.30. The van der Waals surface area contributed by atoms with Crippen LogP contribution in [0.5, 0.6) is 5.75 Å². The van der Waals surface area contributed by atoms with Crippen molar-refractivity contribution in [3.63, 3.8) is 0 Å². The van der Waals surface area contributed by atoms with Crippen molar-refractivity contribution in [3.8, 4) is 5.75 Å². The van der Waals surface area contributed by atoms with Gasteiger partial charge >= 0.3 is 0 Å². The minimum Gasteiger partial charge on any atom is -0.492 e. The van der Waals surface area contributed by atoms with Gasteiger partial charge in [0.2, 0.25) is 0 Å². The van der Waals surface area contributed by atoms with E-state index < -0.39 is 10.0 Å². The second kappa shape index (κ2) is 7.87. The summed E-state index contributed by atoms with van der Waals surface area (Å²) in [5.41, 5.74) is 1.78. The molecule has 1 fully saturated rings. The van der Waals surface area contributed by atoms with E-state index in [4.69, 9.17) is 4.74 Å². The van der Waals surface area contributed by atoms with Gasteiger partial charge in [-0.1, -0.05) is 12.1 Å². The van der Waals surface area contributed by atoms with Crippen LogP contribution in [0.2, 0.25) is 0 Å². The Bertz CT molecular complexity index is 989. The van der Waals surface area contributed by atoms with Gasteiger partial charge < -0.3 is 14.2 Å². The number of likely N-dealkylation sites (tertiary alicyclic amines) is 1. The normalized spacial score (nSPS) is 14.4. The standard InChI is InChI=1S/C20H27N3O4S/c1-5-27-17-11-7-6-10-16(17)21-28(25,26)19-15(3)22(4)14(2)18(19)20(24)23-12-8-9-13-23/h6-7,10-11,21H,5,8-9,12-13H2,1-4H3. The molecule has 152 valence electrons. The number of anilines is 1. The van der Waals surface area contributed by atoms with E-state index in [1.165, 1.54) is 0 Å². The van der Waals surface area contributed by atoms with Gasteiger partial charge in [0, 0.05) is 31.5 Å². The Labute approximate surface area is 166 Å². The molecule has 0 saturated carbocycles. The summed E-state index contributed by atoms with van der Waals surface area (Å²) in [5, 5.41) is 0. The van der Waals surface area contributed by atoms with Gasteiger partial charge in [-0.25, -0.2) is 8.42 Å². The molecule has 8 heteroatoms. The van der Waals surface area contributed by atoms with Gasteiger partial charge in [0.1, 0.15) is 10.6 Å². The number of hydrogen-bond acceptors (Lipinski definition) is 4. The van der Waals surface area contributed by atoms with Crippen LogP contribution in [0.4, 0.5) is 5.69 Å². The molecule has 0 bridgehead atoms. The van der Waals surface area contributed by atoms with Gasteiger partial charge in [0.15, 0.2) is 0 Å². The molecule has 3 rings (SSSR count). The van der Waals surface area contributed by atoms with Crippen molar-refractivity contribution >= 4 is 21.6 Å². The minimum absolute atomic E-state index is 0.0377. The van der Waals surface area contributed by atoms with Crippen LogP contribution in [-0.2, 0) is 17.1 Å². The van der Waals surface area contributed by atoms with Gasteiger partial charge in [-0.2, -0.15) is 0 Å². The highest BCUT2D eigenvalue weighted by molar-refractivity contribution is 7.92. The summed E-state index contributed by atoms with van der Waals surface area (Å²) in [6.45, 7) is 7.07. The molecule has 1 aromatic carbocycles. The Morgan fingerprint density at radius 3 is 2.43 bits per heavy atom. The van der Waals surface area contributed by atoms with Crippen molar-refractivity contribution < 1.29 is 17.9 Å². The van der Waals surface area contributed by atoms with Gasteiger partial charge in [0.25, 0.3) is 15.9 Å². The number of amides is 1. The third-order valence-electron chi connectivity index (χ3n) is 5.23. The van der Waals surface area contributed by atoms with Crippen molar-refractivity contribution in [3.05, 3.63) is 41.2 Å². The third kappa shape index (κ3) is 3.61. The first-order valence-electron chi connectivity index (χ1n) is 9.47. The number of nitrogens with zero attached hydrogens (tertiary/aromatic N) is 2. The molecule has 2 heterocycles. The first-order valence-corrected chi connectivity index (χ1v) is 11.0. The molecule has 0 unspecified atom stereocenters. The molecule has 0 atom stereocenters. The molecule has 2 aromatic rings. The molecule has 1 amide bonds. The van der Waals surface area contributed by atoms with E-state index in [-0.39, 0.29) is 16.4 Å². The van der Waals surface area contributed by atoms with Crippen molar-refractivity contribution in [2.45, 2.75) is 38.5 Å².